The van der Waals surface area contributed by atoms with Crippen molar-refractivity contribution in [3.63, 3.8) is 0 Å². The van der Waals surface area contributed by atoms with Gasteiger partial charge in [0.05, 0.1) is 5.75 Å². The van der Waals surface area contributed by atoms with E-state index < -0.39 is 27.8 Å². The Labute approximate surface area is 114 Å². The summed E-state index contributed by atoms with van der Waals surface area (Å²) in [5.74, 6) is -1.85. The molecule has 0 aromatic rings. The molecule has 0 spiro atoms. The smallest absolute Gasteiger partial charge is 0.321 e. The second-order valence-electron chi connectivity index (χ2n) is 5.11. The molecule has 1 heterocycles. The van der Waals surface area contributed by atoms with Gasteiger partial charge in [0, 0.05) is 19.6 Å². The summed E-state index contributed by atoms with van der Waals surface area (Å²) < 4.78 is 25.0. The second-order valence-corrected chi connectivity index (χ2v) is 7.23. The number of nitrogens with zero attached hydrogens (tertiary/aromatic N) is 2. The second kappa shape index (κ2) is 6.65. The molecule has 1 saturated heterocycles. The summed E-state index contributed by atoms with van der Waals surface area (Å²) in [5.41, 5.74) is 5.27. The molecule has 0 aromatic heterocycles. The Morgan fingerprint density at radius 1 is 1.58 bits per heavy atom. The van der Waals surface area contributed by atoms with Gasteiger partial charge in [0.25, 0.3) is 0 Å². The van der Waals surface area contributed by atoms with Crippen molar-refractivity contribution < 1.29 is 18.3 Å². The zero-order valence-corrected chi connectivity index (χ0v) is 12.3. The monoisotopic (exact) mass is 293 g/mol. The van der Waals surface area contributed by atoms with Gasteiger partial charge >= 0.3 is 5.97 Å². The van der Waals surface area contributed by atoms with Crippen LogP contribution in [0, 0.1) is 0 Å². The molecule has 0 amide bonds. The topological polar surface area (TPSA) is 104 Å². The van der Waals surface area contributed by atoms with Crippen LogP contribution in [0.2, 0.25) is 0 Å². The molecule has 1 aliphatic rings. The number of carboxylic acids is 1. The number of carboxylic acid groups (broad SMARTS) is 1. The van der Waals surface area contributed by atoms with Crippen molar-refractivity contribution in [1.82, 2.24) is 9.21 Å². The molecular weight excluding hydrogens is 270 g/mol. The van der Waals surface area contributed by atoms with Gasteiger partial charge in [-0.05, 0) is 32.9 Å². The number of aliphatic carboxylic acids is 1. The van der Waals surface area contributed by atoms with E-state index in [-0.39, 0.29) is 0 Å². The van der Waals surface area contributed by atoms with Gasteiger partial charge in [-0.2, -0.15) is 0 Å². The molecule has 1 rings (SSSR count). The summed E-state index contributed by atoms with van der Waals surface area (Å²) in [6.07, 6.45) is 2.98. The van der Waals surface area contributed by atoms with Gasteiger partial charge in [-0.1, -0.05) is 0 Å². The first-order chi connectivity index (χ1) is 8.74. The fraction of sp³-hybridized carbons (Fsp3) is 0.909. The van der Waals surface area contributed by atoms with E-state index in [4.69, 9.17) is 10.8 Å². The fourth-order valence-corrected chi connectivity index (χ4v) is 3.47. The number of sulfonamides is 1. The number of rotatable bonds is 7. The maximum absolute atomic E-state index is 11.9. The highest BCUT2D eigenvalue weighted by molar-refractivity contribution is 7.89. The van der Waals surface area contributed by atoms with E-state index in [0.29, 0.717) is 12.6 Å². The average Bonchev–Trinajstić information content (AvgIpc) is 2.71. The van der Waals surface area contributed by atoms with E-state index in [1.54, 1.807) is 0 Å². The highest BCUT2D eigenvalue weighted by atomic mass is 32.2. The Balaban J connectivity index is 2.47. The maximum atomic E-state index is 11.9. The molecule has 1 fully saturated rings. The zero-order valence-electron chi connectivity index (χ0n) is 11.4. The summed E-state index contributed by atoms with van der Waals surface area (Å²) in [6.45, 7) is 1.44. The van der Waals surface area contributed by atoms with Crippen LogP contribution in [0.4, 0.5) is 0 Å². The first-order valence-electron chi connectivity index (χ1n) is 6.36. The summed E-state index contributed by atoms with van der Waals surface area (Å²) in [6, 6.07) is -0.965. The van der Waals surface area contributed by atoms with Crippen LogP contribution in [0.15, 0.2) is 0 Å². The summed E-state index contributed by atoms with van der Waals surface area (Å²) in [4.78, 5) is 12.8. The summed E-state index contributed by atoms with van der Waals surface area (Å²) >= 11 is 0. The van der Waals surface area contributed by atoms with Gasteiger partial charge in [-0.3, -0.25) is 4.79 Å². The Hall–Kier alpha value is -0.700. The average molecular weight is 293 g/mol. The number of hydrogen-bond acceptors (Lipinski definition) is 5. The number of nitrogens with two attached hydrogens (primary N) is 1. The summed E-state index contributed by atoms with van der Waals surface area (Å²) in [7, 11) is -0.0994. The van der Waals surface area contributed by atoms with Crippen molar-refractivity contribution in [1.29, 1.82) is 0 Å². The van der Waals surface area contributed by atoms with E-state index >= 15 is 0 Å². The van der Waals surface area contributed by atoms with Crippen LogP contribution in [0.3, 0.4) is 0 Å². The predicted octanol–water partition coefficient (Wildman–Crippen LogP) is -0.856. The molecule has 0 aromatic carbocycles. The van der Waals surface area contributed by atoms with Crippen LogP contribution in [0.25, 0.3) is 0 Å². The minimum absolute atomic E-state index is 0.393. The Bertz CT molecular complexity index is 412. The van der Waals surface area contributed by atoms with Crippen LogP contribution < -0.4 is 5.73 Å². The Morgan fingerprint density at radius 2 is 2.21 bits per heavy atom. The molecule has 7 nitrogen and oxygen atoms in total. The molecule has 2 atom stereocenters. The van der Waals surface area contributed by atoms with Gasteiger partial charge in [0.2, 0.25) is 10.0 Å². The molecule has 0 bridgehead atoms. The molecule has 0 radical (unpaired) electrons. The van der Waals surface area contributed by atoms with Crippen molar-refractivity contribution >= 4 is 16.0 Å². The molecular formula is C11H23N3O4S. The first-order valence-corrected chi connectivity index (χ1v) is 7.97. The van der Waals surface area contributed by atoms with Crippen molar-refractivity contribution in [2.75, 3.05) is 32.9 Å². The van der Waals surface area contributed by atoms with Crippen molar-refractivity contribution in [2.45, 2.75) is 31.3 Å². The lowest BCUT2D eigenvalue weighted by Gasteiger charge is -2.23. The van der Waals surface area contributed by atoms with E-state index in [9.17, 15) is 13.2 Å². The third kappa shape index (κ3) is 4.72. The molecule has 1 aliphatic heterocycles. The van der Waals surface area contributed by atoms with Gasteiger partial charge in [0.1, 0.15) is 6.04 Å². The minimum atomic E-state index is -3.60. The van der Waals surface area contributed by atoms with Crippen LogP contribution >= 0.6 is 0 Å². The van der Waals surface area contributed by atoms with Crippen LogP contribution in [0.5, 0.6) is 0 Å². The normalized spacial score (nSPS) is 22.8. The molecule has 3 N–H and O–H groups in total. The van der Waals surface area contributed by atoms with Crippen LogP contribution in [-0.4, -0.2) is 73.7 Å². The maximum Gasteiger partial charge on any atom is 0.321 e. The molecule has 2 unspecified atom stereocenters. The van der Waals surface area contributed by atoms with Gasteiger partial charge in [0.15, 0.2) is 0 Å². The lowest BCUT2D eigenvalue weighted by atomic mass is 10.1. The fourth-order valence-electron chi connectivity index (χ4n) is 2.24. The molecule has 19 heavy (non-hydrogen) atoms. The standard InChI is InChI=1S/C11H23N3O4S/c1-13-6-3-4-9(13)5-7-14(2)19(17,18)8-10(12)11(15)16/h9-10H,3-8,12H2,1-2H3,(H,15,16). The molecule has 8 heteroatoms. The third-order valence-electron chi connectivity index (χ3n) is 3.63. The van der Waals surface area contributed by atoms with Crippen molar-refractivity contribution in [2.24, 2.45) is 5.73 Å². The van der Waals surface area contributed by atoms with E-state index in [1.165, 1.54) is 11.4 Å². The molecule has 0 saturated carbocycles. The largest absolute Gasteiger partial charge is 0.480 e. The first kappa shape index (κ1) is 16.4. The lowest BCUT2D eigenvalue weighted by molar-refractivity contribution is -0.137. The van der Waals surface area contributed by atoms with E-state index in [1.807, 2.05) is 7.05 Å². The quantitative estimate of drug-likeness (QED) is 0.633. The summed E-state index contributed by atoms with van der Waals surface area (Å²) in [5, 5.41) is 8.65. The van der Waals surface area contributed by atoms with Crippen LogP contribution in [0.1, 0.15) is 19.3 Å². The van der Waals surface area contributed by atoms with Gasteiger partial charge in [-0.25, -0.2) is 12.7 Å². The number of carbonyl (C=O) groups is 1. The highest BCUT2D eigenvalue weighted by Crippen LogP contribution is 2.18. The molecule has 112 valence electrons. The number of likely N-dealkylation sites (tertiary alicyclic amines) is 1. The third-order valence-corrected chi connectivity index (χ3v) is 5.54. The van der Waals surface area contributed by atoms with Crippen molar-refractivity contribution in [3.05, 3.63) is 0 Å². The predicted molar refractivity (Wildman–Crippen MR) is 72.3 cm³/mol. The van der Waals surface area contributed by atoms with E-state index in [2.05, 4.69) is 4.90 Å². The Kier molecular flexibility index (Phi) is 5.72. The number of hydrogen-bond donors (Lipinski definition) is 2. The van der Waals surface area contributed by atoms with Gasteiger partial charge in [-0.15, -0.1) is 0 Å². The van der Waals surface area contributed by atoms with Crippen LogP contribution in [-0.2, 0) is 14.8 Å². The molecule has 0 aliphatic carbocycles. The minimum Gasteiger partial charge on any atom is -0.480 e. The lowest BCUT2D eigenvalue weighted by Crippen LogP contribution is -2.43. The van der Waals surface area contributed by atoms with Crippen molar-refractivity contribution in [3.8, 4) is 0 Å². The van der Waals surface area contributed by atoms with Gasteiger partial charge < -0.3 is 15.7 Å². The Morgan fingerprint density at radius 3 is 2.68 bits per heavy atom. The van der Waals surface area contributed by atoms with E-state index in [0.717, 1.165) is 25.8 Å². The highest BCUT2D eigenvalue weighted by Gasteiger charge is 2.27. The zero-order chi connectivity index (χ0) is 14.6. The SMILES string of the molecule is CN1CCCC1CCN(C)S(=O)(=O)CC(N)C(=O)O.